The zero-order valence-electron chi connectivity index (χ0n) is 16.3. The molecule has 0 aromatic heterocycles. The number of carbonyl (C=O) groups excluding carboxylic acids is 2. The molecule has 2 aromatic carbocycles. The van der Waals surface area contributed by atoms with Crippen LogP contribution in [0.3, 0.4) is 0 Å². The van der Waals surface area contributed by atoms with Crippen molar-refractivity contribution in [3.8, 4) is 23.0 Å². The molecule has 0 saturated carbocycles. The van der Waals surface area contributed by atoms with Crippen molar-refractivity contribution in [1.82, 2.24) is 10.9 Å². The summed E-state index contributed by atoms with van der Waals surface area (Å²) in [5.41, 5.74) is 4.94. The molecule has 2 amide bonds. The lowest BCUT2D eigenvalue weighted by atomic mass is 10.2. The van der Waals surface area contributed by atoms with Gasteiger partial charge in [-0.25, -0.2) is 0 Å². The molecule has 0 unspecified atom stereocenters. The molecule has 0 bridgehead atoms. The molecular formula is C20H24N2O6. The van der Waals surface area contributed by atoms with E-state index in [1.165, 1.54) is 14.2 Å². The zero-order chi connectivity index (χ0) is 20.5. The molecule has 2 N–H and O–H groups in total. The standard InChI is InChI=1S/C20H24N2O6/c1-5-27-14-6-8-15(9-7-14)28-13(2)19(23)21-22-20(24)17-11-10-16(25-3)12-18(17)26-4/h6-13H,5H2,1-4H3,(H,21,23)(H,22,24)/t13-/m0/s1. The molecular weight excluding hydrogens is 364 g/mol. The first-order chi connectivity index (χ1) is 13.5. The molecule has 1 atom stereocenters. The molecule has 0 heterocycles. The van der Waals surface area contributed by atoms with Crippen LogP contribution in [0.2, 0.25) is 0 Å². The van der Waals surface area contributed by atoms with E-state index >= 15 is 0 Å². The third-order valence-electron chi connectivity index (χ3n) is 3.77. The van der Waals surface area contributed by atoms with E-state index in [-0.39, 0.29) is 5.56 Å². The third-order valence-corrected chi connectivity index (χ3v) is 3.77. The Labute approximate surface area is 163 Å². The molecule has 28 heavy (non-hydrogen) atoms. The fourth-order valence-corrected chi connectivity index (χ4v) is 2.31. The van der Waals surface area contributed by atoms with Crippen LogP contribution in [0.4, 0.5) is 0 Å². The number of rotatable bonds is 8. The maximum absolute atomic E-state index is 12.3. The van der Waals surface area contributed by atoms with Gasteiger partial charge in [0.2, 0.25) is 0 Å². The van der Waals surface area contributed by atoms with Gasteiger partial charge >= 0.3 is 0 Å². The fourth-order valence-electron chi connectivity index (χ4n) is 2.31. The van der Waals surface area contributed by atoms with Gasteiger partial charge in [-0.1, -0.05) is 0 Å². The first-order valence-corrected chi connectivity index (χ1v) is 8.70. The average Bonchev–Trinajstić information content (AvgIpc) is 2.72. The Morgan fingerprint density at radius 3 is 2.18 bits per heavy atom. The number of hydrogen-bond donors (Lipinski definition) is 2. The van der Waals surface area contributed by atoms with Crippen molar-refractivity contribution in [2.45, 2.75) is 20.0 Å². The maximum Gasteiger partial charge on any atom is 0.279 e. The highest BCUT2D eigenvalue weighted by Crippen LogP contribution is 2.24. The average molecular weight is 388 g/mol. The van der Waals surface area contributed by atoms with Gasteiger partial charge in [0.05, 0.1) is 26.4 Å². The highest BCUT2D eigenvalue weighted by atomic mass is 16.5. The summed E-state index contributed by atoms with van der Waals surface area (Å²) in [6, 6.07) is 11.7. The van der Waals surface area contributed by atoms with E-state index in [4.69, 9.17) is 18.9 Å². The molecule has 0 aliphatic rings. The van der Waals surface area contributed by atoms with Crippen molar-refractivity contribution in [1.29, 1.82) is 0 Å². The summed E-state index contributed by atoms with van der Waals surface area (Å²) in [7, 11) is 2.96. The summed E-state index contributed by atoms with van der Waals surface area (Å²) < 4.78 is 21.2. The summed E-state index contributed by atoms with van der Waals surface area (Å²) in [4.78, 5) is 24.5. The van der Waals surface area contributed by atoms with E-state index in [2.05, 4.69) is 10.9 Å². The van der Waals surface area contributed by atoms with Crippen molar-refractivity contribution < 1.29 is 28.5 Å². The third kappa shape index (κ3) is 5.54. The predicted octanol–water partition coefficient (Wildman–Crippen LogP) is 2.33. The fraction of sp³-hybridized carbons (Fsp3) is 0.300. The Morgan fingerprint density at radius 2 is 1.57 bits per heavy atom. The van der Waals surface area contributed by atoms with Crippen molar-refractivity contribution in [2.75, 3.05) is 20.8 Å². The monoisotopic (exact) mass is 388 g/mol. The Morgan fingerprint density at radius 1 is 0.929 bits per heavy atom. The number of carbonyl (C=O) groups is 2. The van der Waals surface area contributed by atoms with E-state index in [0.717, 1.165) is 0 Å². The molecule has 8 nitrogen and oxygen atoms in total. The number of ether oxygens (including phenoxy) is 4. The van der Waals surface area contributed by atoms with Crippen molar-refractivity contribution >= 4 is 11.8 Å². The molecule has 150 valence electrons. The molecule has 0 saturated heterocycles. The van der Waals surface area contributed by atoms with Crippen molar-refractivity contribution in [3.63, 3.8) is 0 Å². The minimum atomic E-state index is -0.823. The summed E-state index contributed by atoms with van der Waals surface area (Å²) in [5.74, 6) is 1.07. The smallest absolute Gasteiger partial charge is 0.279 e. The van der Waals surface area contributed by atoms with Gasteiger partial charge < -0.3 is 18.9 Å². The summed E-state index contributed by atoms with van der Waals surface area (Å²) in [6.07, 6.45) is -0.823. The topological polar surface area (TPSA) is 95.1 Å². The van der Waals surface area contributed by atoms with Crippen LogP contribution >= 0.6 is 0 Å². The van der Waals surface area contributed by atoms with Gasteiger partial charge in [-0.15, -0.1) is 0 Å². The summed E-state index contributed by atoms with van der Waals surface area (Å²) in [5, 5.41) is 0. The number of hydrazine groups is 1. The minimum absolute atomic E-state index is 0.253. The number of amides is 2. The van der Waals surface area contributed by atoms with Gasteiger partial charge in [-0.2, -0.15) is 0 Å². The van der Waals surface area contributed by atoms with Crippen LogP contribution in [0.1, 0.15) is 24.2 Å². The Kier molecular flexibility index (Phi) is 7.50. The van der Waals surface area contributed by atoms with Crippen LogP contribution in [0, 0.1) is 0 Å². The van der Waals surface area contributed by atoms with Crippen LogP contribution < -0.4 is 29.8 Å². The van der Waals surface area contributed by atoms with Crippen molar-refractivity contribution in [2.24, 2.45) is 0 Å². The lowest BCUT2D eigenvalue weighted by Gasteiger charge is -2.16. The second-order valence-electron chi connectivity index (χ2n) is 5.67. The zero-order valence-corrected chi connectivity index (χ0v) is 16.3. The molecule has 8 heteroatoms. The maximum atomic E-state index is 12.3. The van der Waals surface area contributed by atoms with Gasteiger partial charge in [0.1, 0.15) is 23.0 Å². The summed E-state index contributed by atoms with van der Waals surface area (Å²) in [6.45, 7) is 4.04. The molecule has 0 aliphatic heterocycles. The first kappa shape index (κ1) is 20.9. The Balaban J connectivity index is 1.91. The minimum Gasteiger partial charge on any atom is -0.497 e. The number of methoxy groups -OCH3 is 2. The van der Waals surface area contributed by atoms with Gasteiger partial charge in [-0.3, -0.25) is 20.4 Å². The second kappa shape index (κ2) is 10.1. The lowest BCUT2D eigenvalue weighted by molar-refractivity contribution is -0.128. The van der Waals surface area contributed by atoms with Gasteiger partial charge in [0.15, 0.2) is 6.10 Å². The Bertz CT molecular complexity index is 807. The molecule has 2 rings (SSSR count). The Hall–Kier alpha value is -3.42. The van der Waals surface area contributed by atoms with E-state index in [1.807, 2.05) is 6.92 Å². The largest absolute Gasteiger partial charge is 0.497 e. The highest BCUT2D eigenvalue weighted by molar-refractivity contribution is 5.98. The number of benzene rings is 2. The van der Waals surface area contributed by atoms with Gasteiger partial charge in [0, 0.05) is 6.07 Å². The highest BCUT2D eigenvalue weighted by Gasteiger charge is 2.18. The van der Waals surface area contributed by atoms with Crippen LogP contribution in [-0.2, 0) is 4.79 Å². The van der Waals surface area contributed by atoms with Crippen LogP contribution in [-0.4, -0.2) is 38.7 Å². The molecule has 0 fully saturated rings. The lowest BCUT2D eigenvalue weighted by Crippen LogP contribution is -2.47. The molecule has 0 radical (unpaired) electrons. The summed E-state index contributed by atoms with van der Waals surface area (Å²) >= 11 is 0. The normalized spacial score (nSPS) is 11.1. The molecule has 0 aliphatic carbocycles. The quantitative estimate of drug-likeness (QED) is 0.674. The SMILES string of the molecule is CCOc1ccc(O[C@@H](C)C(=O)NNC(=O)c2ccc(OC)cc2OC)cc1. The van der Waals surface area contributed by atoms with E-state index in [0.29, 0.717) is 29.6 Å². The van der Waals surface area contributed by atoms with Crippen molar-refractivity contribution in [3.05, 3.63) is 48.0 Å². The van der Waals surface area contributed by atoms with Crippen LogP contribution in [0.25, 0.3) is 0 Å². The number of hydrogen-bond acceptors (Lipinski definition) is 6. The second-order valence-corrected chi connectivity index (χ2v) is 5.67. The number of nitrogens with one attached hydrogen (secondary N) is 2. The molecule has 2 aromatic rings. The van der Waals surface area contributed by atoms with E-state index in [9.17, 15) is 9.59 Å². The van der Waals surface area contributed by atoms with Crippen LogP contribution in [0.5, 0.6) is 23.0 Å². The predicted molar refractivity (Wildman–Crippen MR) is 103 cm³/mol. The van der Waals surface area contributed by atoms with E-state index in [1.54, 1.807) is 49.4 Å². The van der Waals surface area contributed by atoms with Gasteiger partial charge in [0.25, 0.3) is 11.8 Å². The van der Waals surface area contributed by atoms with E-state index < -0.39 is 17.9 Å². The molecule has 0 spiro atoms. The van der Waals surface area contributed by atoms with Crippen LogP contribution in [0.15, 0.2) is 42.5 Å². The van der Waals surface area contributed by atoms with Gasteiger partial charge in [-0.05, 0) is 50.2 Å². The first-order valence-electron chi connectivity index (χ1n) is 8.70.